The molecule has 0 saturated carbocycles. The summed E-state index contributed by atoms with van der Waals surface area (Å²) in [4.78, 5) is 0. The molecular formula is C18H32O16. The van der Waals surface area contributed by atoms with Gasteiger partial charge in [0.25, 0.3) is 0 Å². The van der Waals surface area contributed by atoms with Gasteiger partial charge in [-0.15, -0.1) is 0 Å². The Bertz CT molecular complexity index is 637. The van der Waals surface area contributed by atoms with Crippen LogP contribution in [0.15, 0.2) is 0 Å². The molecule has 3 rings (SSSR count). The van der Waals surface area contributed by atoms with Gasteiger partial charge in [-0.2, -0.15) is 0 Å². The number of hydrogen-bond donors (Lipinski definition) is 11. The Balaban J connectivity index is 1.72. The largest absolute Gasteiger partial charge is 0.394 e. The Kier molecular flexibility index (Phi) is 9.54. The second kappa shape index (κ2) is 11.6. The Morgan fingerprint density at radius 1 is 0.500 bits per heavy atom. The second-order valence-electron chi connectivity index (χ2n) is 8.37. The van der Waals surface area contributed by atoms with Gasteiger partial charge >= 0.3 is 0 Å². The predicted octanol–water partition coefficient (Wildman–Crippen LogP) is -7.57. The fraction of sp³-hybridized carbons (Fsp3) is 1.00. The van der Waals surface area contributed by atoms with E-state index in [-0.39, 0.29) is 0 Å². The molecule has 34 heavy (non-hydrogen) atoms. The first-order valence-corrected chi connectivity index (χ1v) is 10.6. The van der Waals surface area contributed by atoms with Crippen molar-refractivity contribution in [1.29, 1.82) is 0 Å². The van der Waals surface area contributed by atoms with Crippen molar-refractivity contribution < 1.29 is 79.9 Å². The maximum absolute atomic E-state index is 10.4. The topological polar surface area (TPSA) is 269 Å². The molecule has 0 radical (unpaired) electrons. The lowest BCUT2D eigenvalue weighted by molar-refractivity contribution is -0.363. The molecule has 0 amide bonds. The van der Waals surface area contributed by atoms with Gasteiger partial charge in [-0.3, -0.25) is 0 Å². The van der Waals surface area contributed by atoms with E-state index in [4.69, 9.17) is 23.7 Å². The van der Waals surface area contributed by atoms with Crippen LogP contribution in [0.5, 0.6) is 0 Å². The van der Waals surface area contributed by atoms with Crippen LogP contribution in [-0.4, -0.2) is 168 Å². The molecule has 0 aliphatic carbocycles. The van der Waals surface area contributed by atoms with Crippen molar-refractivity contribution in [3.63, 3.8) is 0 Å². The molecule has 16 nitrogen and oxygen atoms in total. The summed E-state index contributed by atoms with van der Waals surface area (Å²) in [7, 11) is 0. The van der Waals surface area contributed by atoms with Crippen LogP contribution >= 0.6 is 0 Å². The van der Waals surface area contributed by atoms with E-state index >= 15 is 0 Å². The molecule has 0 unspecified atom stereocenters. The summed E-state index contributed by atoms with van der Waals surface area (Å²) in [6.07, 6.45) is -25.0. The molecule has 11 N–H and O–H groups in total. The highest BCUT2D eigenvalue weighted by Gasteiger charge is 2.51. The monoisotopic (exact) mass is 504 g/mol. The van der Waals surface area contributed by atoms with E-state index < -0.39 is 112 Å². The van der Waals surface area contributed by atoms with Crippen LogP contribution in [0.2, 0.25) is 0 Å². The molecule has 0 spiro atoms. The highest BCUT2D eigenvalue weighted by Crippen LogP contribution is 2.30. The van der Waals surface area contributed by atoms with E-state index in [0.29, 0.717) is 0 Å². The summed E-state index contributed by atoms with van der Waals surface area (Å²) in [6.45, 7) is -2.08. The van der Waals surface area contributed by atoms with Crippen molar-refractivity contribution in [2.24, 2.45) is 0 Å². The van der Waals surface area contributed by atoms with Gasteiger partial charge in [-0.25, -0.2) is 0 Å². The first kappa shape index (κ1) is 27.9. The first-order chi connectivity index (χ1) is 16.0. The molecule has 0 aromatic carbocycles. The molecular weight excluding hydrogens is 472 g/mol. The van der Waals surface area contributed by atoms with Crippen molar-refractivity contribution in [1.82, 2.24) is 0 Å². The number of aliphatic hydroxyl groups excluding tert-OH is 11. The predicted molar refractivity (Wildman–Crippen MR) is 101 cm³/mol. The van der Waals surface area contributed by atoms with Crippen molar-refractivity contribution >= 4 is 0 Å². The molecule has 3 saturated heterocycles. The SMILES string of the molecule is OC[C@H]1O[C@H](OC[C@H]2O[C@@H](O)[C@@H](O)[C@@H](O)[C@@H]2O[C@H]2O[C@H](CO)[C@@H](O)[C@H](O)[C@@H]2O)[C@H](O)[C@@H](O)[C@H]1O. The van der Waals surface area contributed by atoms with Crippen LogP contribution in [0.3, 0.4) is 0 Å². The summed E-state index contributed by atoms with van der Waals surface area (Å²) < 4.78 is 26.4. The normalized spacial score (nSPS) is 52.5. The fourth-order valence-electron chi connectivity index (χ4n) is 3.95. The van der Waals surface area contributed by atoms with Gasteiger partial charge in [0.05, 0.1) is 19.8 Å². The zero-order valence-corrected chi connectivity index (χ0v) is 17.7. The average Bonchev–Trinajstić information content (AvgIpc) is 2.82. The Morgan fingerprint density at radius 3 is 1.53 bits per heavy atom. The Labute approximate surface area is 192 Å². The van der Waals surface area contributed by atoms with Crippen molar-refractivity contribution in [3.05, 3.63) is 0 Å². The highest BCUT2D eigenvalue weighted by atomic mass is 16.7. The van der Waals surface area contributed by atoms with E-state index in [1.165, 1.54) is 0 Å². The van der Waals surface area contributed by atoms with Crippen LogP contribution in [0.25, 0.3) is 0 Å². The molecule has 3 aliphatic rings. The van der Waals surface area contributed by atoms with Crippen LogP contribution in [0, 0.1) is 0 Å². The Hall–Kier alpha value is -0.640. The van der Waals surface area contributed by atoms with E-state index in [9.17, 15) is 56.2 Å². The number of hydrogen-bond acceptors (Lipinski definition) is 16. The summed E-state index contributed by atoms with van der Waals surface area (Å²) in [5.74, 6) is 0. The summed E-state index contributed by atoms with van der Waals surface area (Å²) in [5, 5.41) is 109. The van der Waals surface area contributed by atoms with Gasteiger partial charge in [0.1, 0.15) is 73.2 Å². The van der Waals surface area contributed by atoms with Gasteiger partial charge < -0.3 is 79.9 Å². The fourth-order valence-corrected chi connectivity index (χ4v) is 3.95. The zero-order chi connectivity index (χ0) is 25.3. The van der Waals surface area contributed by atoms with Gasteiger partial charge in [-0.1, -0.05) is 0 Å². The van der Waals surface area contributed by atoms with E-state index in [2.05, 4.69) is 0 Å². The maximum Gasteiger partial charge on any atom is 0.187 e. The van der Waals surface area contributed by atoms with Gasteiger partial charge in [0.2, 0.25) is 0 Å². The van der Waals surface area contributed by atoms with E-state index in [1.54, 1.807) is 0 Å². The molecule has 16 heteroatoms. The average molecular weight is 504 g/mol. The quantitative estimate of drug-likeness (QED) is 0.154. The summed E-state index contributed by atoms with van der Waals surface area (Å²) in [5.41, 5.74) is 0. The van der Waals surface area contributed by atoms with Gasteiger partial charge in [0, 0.05) is 0 Å². The molecule has 15 atom stereocenters. The van der Waals surface area contributed by atoms with Crippen LogP contribution in [-0.2, 0) is 23.7 Å². The van der Waals surface area contributed by atoms with Crippen molar-refractivity contribution in [2.45, 2.75) is 92.1 Å². The summed E-state index contributed by atoms with van der Waals surface area (Å²) in [6, 6.07) is 0. The highest BCUT2D eigenvalue weighted by molar-refractivity contribution is 4.94. The number of aliphatic hydroxyl groups is 11. The van der Waals surface area contributed by atoms with E-state index in [0.717, 1.165) is 0 Å². The third-order valence-electron chi connectivity index (χ3n) is 6.07. The maximum atomic E-state index is 10.4. The number of ether oxygens (including phenoxy) is 5. The minimum atomic E-state index is -1.91. The van der Waals surface area contributed by atoms with Gasteiger partial charge in [-0.05, 0) is 0 Å². The molecule has 3 heterocycles. The van der Waals surface area contributed by atoms with E-state index in [1.807, 2.05) is 0 Å². The third kappa shape index (κ3) is 5.52. The Morgan fingerprint density at radius 2 is 1.00 bits per heavy atom. The lowest BCUT2D eigenvalue weighted by atomic mass is 9.97. The van der Waals surface area contributed by atoms with Crippen LogP contribution < -0.4 is 0 Å². The molecule has 0 aromatic heterocycles. The minimum absolute atomic E-state index is 0.619. The third-order valence-corrected chi connectivity index (χ3v) is 6.07. The summed E-state index contributed by atoms with van der Waals surface area (Å²) >= 11 is 0. The second-order valence-corrected chi connectivity index (χ2v) is 8.37. The lowest BCUT2D eigenvalue weighted by Crippen LogP contribution is -2.65. The molecule has 3 fully saturated rings. The zero-order valence-electron chi connectivity index (χ0n) is 17.7. The molecule has 3 aliphatic heterocycles. The van der Waals surface area contributed by atoms with Crippen LogP contribution in [0.4, 0.5) is 0 Å². The molecule has 0 aromatic rings. The smallest absolute Gasteiger partial charge is 0.187 e. The molecule has 0 bridgehead atoms. The van der Waals surface area contributed by atoms with Crippen LogP contribution in [0.1, 0.15) is 0 Å². The molecule has 200 valence electrons. The van der Waals surface area contributed by atoms with Crippen molar-refractivity contribution in [2.75, 3.05) is 19.8 Å². The standard InChI is InChI=1S/C18H32O16/c19-1-4-7(21)9(23)13(27)17(32-4)30-3-6-15(11(25)12(26)16(29)31-6)34-18-14(28)10(24)8(22)5(2-20)33-18/h4-29H,1-3H2/t4-,5-,6-,7+,8-,9+,10+,11-,12+,13-,14+,15-,16-,17+,18-/m1/s1. The van der Waals surface area contributed by atoms with Crippen molar-refractivity contribution in [3.8, 4) is 0 Å². The minimum Gasteiger partial charge on any atom is -0.394 e. The number of rotatable bonds is 7. The lowest BCUT2D eigenvalue weighted by Gasteiger charge is -2.46. The van der Waals surface area contributed by atoms with Gasteiger partial charge in [0.15, 0.2) is 18.9 Å². The first-order valence-electron chi connectivity index (χ1n) is 10.6.